The van der Waals surface area contributed by atoms with Crippen molar-refractivity contribution in [1.29, 1.82) is 0 Å². The Bertz CT molecular complexity index is 217. The van der Waals surface area contributed by atoms with E-state index in [2.05, 4.69) is 31.8 Å². The highest BCUT2D eigenvalue weighted by Gasteiger charge is 2.07. The standard InChI is InChI=1S/C10H15N/c1-4-10-9(5-6-11-10)7-8(2)3/h4,7,11H,1,5-6H2,2-3H3. The summed E-state index contributed by atoms with van der Waals surface area (Å²) in [5.41, 5.74) is 3.94. The van der Waals surface area contributed by atoms with Crippen LogP contribution >= 0.6 is 0 Å². The van der Waals surface area contributed by atoms with Gasteiger partial charge in [0.25, 0.3) is 0 Å². The summed E-state index contributed by atoms with van der Waals surface area (Å²) in [7, 11) is 0. The van der Waals surface area contributed by atoms with E-state index < -0.39 is 0 Å². The maximum absolute atomic E-state index is 3.75. The molecule has 0 aromatic rings. The first kappa shape index (κ1) is 8.12. The molecule has 60 valence electrons. The molecule has 0 fully saturated rings. The molecule has 0 atom stereocenters. The highest BCUT2D eigenvalue weighted by Crippen LogP contribution is 2.16. The molecule has 0 radical (unpaired) electrons. The van der Waals surface area contributed by atoms with Crippen LogP contribution in [0, 0.1) is 0 Å². The van der Waals surface area contributed by atoms with Crippen molar-refractivity contribution in [2.45, 2.75) is 20.3 Å². The third kappa shape index (κ3) is 1.97. The minimum Gasteiger partial charge on any atom is -0.385 e. The minimum absolute atomic E-state index is 1.06. The van der Waals surface area contributed by atoms with Gasteiger partial charge in [0.2, 0.25) is 0 Å². The summed E-state index contributed by atoms with van der Waals surface area (Å²) in [5.74, 6) is 0. The molecule has 0 amide bonds. The van der Waals surface area contributed by atoms with Crippen LogP contribution in [0.4, 0.5) is 0 Å². The molecule has 0 aliphatic carbocycles. The molecule has 1 nitrogen and oxygen atoms in total. The Hall–Kier alpha value is -0.980. The van der Waals surface area contributed by atoms with Crippen LogP contribution in [-0.2, 0) is 0 Å². The van der Waals surface area contributed by atoms with Gasteiger partial charge in [-0.1, -0.05) is 18.2 Å². The van der Waals surface area contributed by atoms with E-state index in [0.717, 1.165) is 13.0 Å². The van der Waals surface area contributed by atoms with Crippen molar-refractivity contribution in [2.24, 2.45) is 0 Å². The summed E-state index contributed by atoms with van der Waals surface area (Å²) in [5, 5.41) is 3.28. The van der Waals surface area contributed by atoms with E-state index >= 15 is 0 Å². The molecular weight excluding hydrogens is 134 g/mol. The van der Waals surface area contributed by atoms with Crippen LogP contribution in [0.15, 0.2) is 35.6 Å². The Labute approximate surface area is 68.5 Å². The minimum atomic E-state index is 1.06. The van der Waals surface area contributed by atoms with E-state index in [1.165, 1.54) is 16.8 Å². The Balaban J connectivity index is 2.83. The predicted octanol–water partition coefficient (Wildman–Crippen LogP) is 2.39. The highest BCUT2D eigenvalue weighted by molar-refractivity contribution is 5.35. The van der Waals surface area contributed by atoms with Crippen molar-refractivity contribution in [2.75, 3.05) is 6.54 Å². The Morgan fingerprint density at radius 1 is 1.55 bits per heavy atom. The Morgan fingerprint density at radius 2 is 2.27 bits per heavy atom. The van der Waals surface area contributed by atoms with Gasteiger partial charge < -0.3 is 5.32 Å². The average Bonchev–Trinajstić information content (AvgIpc) is 2.34. The lowest BCUT2D eigenvalue weighted by Crippen LogP contribution is -2.04. The van der Waals surface area contributed by atoms with Crippen molar-refractivity contribution >= 4 is 0 Å². The fraction of sp³-hybridized carbons (Fsp3) is 0.400. The van der Waals surface area contributed by atoms with Gasteiger partial charge in [-0.15, -0.1) is 0 Å². The first-order chi connectivity index (χ1) is 5.24. The monoisotopic (exact) mass is 149 g/mol. The zero-order valence-corrected chi connectivity index (χ0v) is 7.28. The van der Waals surface area contributed by atoms with Crippen molar-refractivity contribution in [3.05, 3.63) is 35.6 Å². The molecular formula is C10H15N. The smallest absolute Gasteiger partial charge is 0.0367 e. The molecule has 1 aliphatic rings. The van der Waals surface area contributed by atoms with Crippen LogP contribution < -0.4 is 5.32 Å². The summed E-state index contributed by atoms with van der Waals surface area (Å²) in [4.78, 5) is 0. The molecule has 0 bridgehead atoms. The van der Waals surface area contributed by atoms with Gasteiger partial charge in [-0.2, -0.15) is 0 Å². The first-order valence-electron chi connectivity index (χ1n) is 3.98. The fourth-order valence-electron chi connectivity index (χ4n) is 1.28. The van der Waals surface area contributed by atoms with E-state index in [1.54, 1.807) is 0 Å². The molecule has 1 aliphatic heterocycles. The van der Waals surface area contributed by atoms with Crippen LogP contribution in [0.1, 0.15) is 20.3 Å². The summed E-state index contributed by atoms with van der Waals surface area (Å²) >= 11 is 0. The van der Waals surface area contributed by atoms with Gasteiger partial charge in [0.15, 0.2) is 0 Å². The van der Waals surface area contributed by atoms with Gasteiger partial charge in [0.05, 0.1) is 0 Å². The number of hydrogen-bond donors (Lipinski definition) is 1. The highest BCUT2D eigenvalue weighted by atomic mass is 14.9. The molecule has 1 heterocycles. The van der Waals surface area contributed by atoms with Crippen LogP contribution in [-0.4, -0.2) is 6.54 Å². The van der Waals surface area contributed by atoms with Crippen LogP contribution in [0.25, 0.3) is 0 Å². The second-order valence-electron chi connectivity index (χ2n) is 3.04. The molecule has 1 N–H and O–H groups in total. The normalized spacial score (nSPS) is 16.2. The van der Waals surface area contributed by atoms with Gasteiger partial charge in [-0.25, -0.2) is 0 Å². The average molecular weight is 149 g/mol. The first-order valence-corrected chi connectivity index (χ1v) is 3.98. The quantitative estimate of drug-likeness (QED) is 0.635. The predicted molar refractivity (Wildman–Crippen MR) is 49.3 cm³/mol. The molecule has 0 spiro atoms. The van der Waals surface area contributed by atoms with E-state index in [1.807, 2.05) is 6.08 Å². The van der Waals surface area contributed by atoms with Gasteiger partial charge in [0.1, 0.15) is 0 Å². The summed E-state index contributed by atoms with van der Waals surface area (Å²) in [6.45, 7) is 9.04. The maximum Gasteiger partial charge on any atom is 0.0367 e. The summed E-state index contributed by atoms with van der Waals surface area (Å²) in [6, 6.07) is 0. The number of nitrogens with one attached hydrogen (secondary N) is 1. The molecule has 0 unspecified atom stereocenters. The largest absolute Gasteiger partial charge is 0.385 e. The number of hydrogen-bond acceptors (Lipinski definition) is 1. The topological polar surface area (TPSA) is 12.0 Å². The van der Waals surface area contributed by atoms with Gasteiger partial charge >= 0.3 is 0 Å². The molecule has 11 heavy (non-hydrogen) atoms. The van der Waals surface area contributed by atoms with Gasteiger partial charge in [-0.05, 0) is 31.9 Å². The van der Waals surface area contributed by atoms with E-state index in [9.17, 15) is 0 Å². The van der Waals surface area contributed by atoms with Crippen molar-refractivity contribution in [3.63, 3.8) is 0 Å². The van der Waals surface area contributed by atoms with E-state index in [0.29, 0.717) is 0 Å². The lowest BCUT2D eigenvalue weighted by molar-refractivity contribution is 0.889. The zero-order valence-electron chi connectivity index (χ0n) is 7.28. The lowest BCUT2D eigenvalue weighted by atomic mass is 10.1. The van der Waals surface area contributed by atoms with E-state index in [-0.39, 0.29) is 0 Å². The lowest BCUT2D eigenvalue weighted by Gasteiger charge is -1.96. The second kappa shape index (κ2) is 3.42. The van der Waals surface area contributed by atoms with Crippen molar-refractivity contribution in [3.8, 4) is 0 Å². The summed E-state index contributed by atoms with van der Waals surface area (Å²) < 4.78 is 0. The van der Waals surface area contributed by atoms with Gasteiger partial charge in [0, 0.05) is 12.2 Å². The van der Waals surface area contributed by atoms with Gasteiger partial charge in [-0.3, -0.25) is 0 Å². The number of allylic oxidation sites excluding steroid dienone is 3. The van der Waals surface area contributed by atoms with Crippen LogP contribution in [0.3, 0.4) is 0 Å². The number of rotatable bonds is 2. The molecule has 1 rings (SSSR count). The van der Waals surface area contributed by atoms with Crippen LogP contribution in [0.2, 0.25) is 0 Å². The molecule has 0 saturated heterocycles. The zero-order chi connectivity index (χ0) is 8.27. The molecule has 1 heteroatoms. The van der Waals surface area contributed by atoms with Crippen molar-refractivity contribution < 1.29 is 0 Å². The molecule has 0 aromatic carbocycles. The second-order valence-corrected chi connectivity index (χ2v) is 3.04. The maximum atomic E-state index is 3.75. The van der Waals surface area contributed by atoms with Crippen LogP contribution in [0.5, 0.6) is 0 Å². The fourth-order valence-corrected chi connectivity index (χ4v) is 1.28. The third-order valence-electron chi connectivity index (χ3n) is 1.72. The molecule has 0 saturated carbocycles. The van der Waals surface area contributed by atoms with E-state index in [4.69, 9.17) is 0 Å². The molecule has 0 aromatic heterocycles. The Morgan fingerprint density at radius 3 is 2.82 bits per heavy atom. The van der Waals surface area contributed by atoms with Crippen molar-refractivity contribution in [1.82, 2.24) is 5.32 Å². The summed E-state index contributed by atoms with van der Waals surface area (Å²) in [6.07, 6.45) is 5.24. The third-order valence-corrected chi connectivity index (χ3v) is 1.72. The SMILES string of the molecule is C=CC1=C(C=C(C)C)CCN1. The Kier molecular flexibility index (Phi) is 2.53.